The van der Waals surface area contributed by atoms with Crippen molar-refractivity contribution in [1.82, 2.24) is 9.38 Å². The second kappa shape index (κ2) is 7.09. The van der Waals surface area contributed by atoms with E-state index in [9.17, 15) is 14.0 Å². The molecule has 0 aliphatic carbocycles. The molecule has 0 fully saturated rings. The zero-order chi connectivity index (χ0) is 18.7. The Labute approximate surface area is 146 Å². The van der Waals surface area contributed by atoms with Crippen molar-refractivity contribution in [3.63, 3.8) is 0 Å². The van der Waals surface area contributed by atoms with Gasteiger partial charge in [-0.3, -0.25) is 9.20 Å². The van der Waals surface area contributed by atoms with E-state index in [1.165, 1.54) is 29.7 Å². The summed E-state index contributed by atoms with van der Waals surface area (Å²) in [5.41, 5.74) is 1.13. The summed E-state index contributed by atoms with van der Waals surface area (Å²) >= 11 is 0. The Morgan fingerprint density at radius 1 is 1.27 bits per heavy atom. The summed E-state index contributed by atoms with van der Waals surface area (Å²) in [6.07, 6.45) is 0.757. The number of carbonyl (C=O) groups excluding carboxylic acids is 1. The molecule has 0 amide bonds. The molecule has 0 unspecified atom stereocenters. The van der Waals surface area contributed by atoms with Crippen molar-refractivity contribution in [3.8, 4) is 0 Å². The van der Waals surface area contributed by atoms with Crippen LogP contribution in [-0.2, 0) is 16.0 Å². The quantitative estimate of drug-likeness (QED) is 0.558. The molecule has 132 valence electrons. The second-order valence-electron chi connectivity index (χ2n) is 5.27. The molecule has 0 saturated heterocycles. The van der Waals surface area contributed by atoms with E-state index in [0.717, 1.165) is 6.20 Å². The number of hydrogen-bond donors (Lipinski definition) is 1. The molecule has 0 bridgehead atoms. The summed E-state index contributed by atoms with van der Waals surface area (Å²) in [5, 5.41) is 17.1. The molecule has 0 radical (unpaired) electrons. The van der Waals surface area contributed by atoms with Crippen LogP contribution in [0.2, 0.25) is 0 Å². The molecule has 3 aromatic rings. The number of fused-ring (bicyclic) bond motifs is 1. The highest BCUT2D eigenvalue weighted by molar-refractivity contribution is 5.90. The van der Waals surface area contributed by atoms with E-state index in [1.807, 2.05) is 0 Å². The molecule has 0 saturated carbocycles. The first-order valence-corrected chi connectivity index (χ1v) is 7.46. The first kappa shape index (κ1) is 17.2. The summed E-state index contributed by atoms with van der Waals surface area (Å²) in [7, 11) is 1.27. The highest BCUT2D eigenvalue weighted by Gasteiger charge is 2.15. The van der Waals surface area contributed by atoms with Gasteiger partial charge in [-0.25, -0.2) is 14.2 Å². The fourth-order valence-electron chi connectivity index (χ4n) is 2.34. The molecule has 9 heteroatoms. The monoisotopic (exact) mass is 356 g/mol. The molecule has 2 heterocycles. The lowest BCUT2D eigenvalue weighted by atomic mass is 10.2. The first-order valence-electron chi connectivity index (χ1n) is 7.46. The van der Waals surface area contributed by atoms with Crippen molar-refractivity contribution in [3.05, 3.63) is 59.7 Å². The highest BCUT2D eigenvalue weighted by Crippen LogP contribution is 2.25. The van der Waals surface area contributed by atoms with Gasteiger partial charge in [0.2, 0.25) is 0 Å². The zero-order valence-electron chi connectivity index (χ0n) is 13.6. The van der Waals surface area contributed by atoms with Gasteiger partial charge >= 0.3 is 11.9 Å². The van der Waals surface area contributed by atoms with Crippen molar-refractivity contribution < 1.29 is 23.8 Å². The van der Waals surface area contributed by atoms with E-state index in [0.29, 0.717) is 16.9 Å². The standard InChI is InChI=1S/C17H13FN4O4/c1-26-17(25)10-3-2-4-12(7-10)20-21-16-13(8-15(23)24)19-14-6-5-11(18)9-22(14)16/h2-7,9H,8H2,1H3,(H,23,24). The molecule has 0 aliphatic heterocycles. The van der Waals surface area contributed by atoms with Crippen LogP contribution in [0.15, 0.2) is 52.8 Å². The zero-order valence-corrected chi connectivity index (χ0v) is 13.6. The Morgan fingerprint density at radius 2 is 2.08 bits per heavy atom. The third-order valence-electron chi connectivity index (χ3n) is 3.47. The van der Waals surface area contributed by atoms with Gasteiger partial charge < -0.3 is 9.84 Å². The van der Waals surface area contributed by atoms with Gasteiger partial charge in [-0.15, -0.1) is 10.2 Å². The molecule has 26 heavy (non-hydrogen) atoms. The maximum absolute atomic E-state index is 13.5. The number of ether oxygens (including phenoxy) is 1. The number of aliphatic carboxylic acids is 1. The molecular weight excluding hydrogens is 343 g/mol. The van der Waals surface area contributed by atoms with E-state index in [4.69, 9.17) is 5.11 Å². The summed E-state index contributed by atoms with van der Waals surface area (Å²) in [6, 6.07) is 8.87. The minimum atomic E-state index is -1.10. The average Bonchev–Trinajstić information content (AvgIpc) is 2.95. The lowest BCUT2D eigenvalue weighted by Crippen LogP contribution is -2.00. The summed E-state index contributed by atoms with van der Waals surface area (Å²) < 4.78 is 19.5. The van der Waals surface area contributed by atoms with Crippen molar-refractivity contribution >= 4 is 29.1 Å². The minimum Gasteiger partial charge on any atom is -0.481 e. The fraction of sp³-hybridized carbons (Fsp3) is 0.118. The summed E-state index contributed by atoms with van der Waals surface area (Å²) in [5.74, 6) is -2.05. The van der Waals surface area contributed by atoms with Gasteiger partial charge in [0.05, 0.1) is 30.5 Å². The minimum absolute atomic E-state index is 0.102. The number of nitrogens with zero attached hydrogens (tertiary/aromatic N) is 4. The van der Waals surface area contributed by atoms with Crippen LogP contribution in [0.4, 0.5) is 15.9 Å². The van der Waals surface area contributed by atoms with Gasteiger partial charge in [-0.05, 0) is 30.3 Å². The second-order valence-corrected chi connectivity index (χ2v) is 5.27. The molecule has 0 aliphatic rings. The predicted molar refractivity (Wildman–Crippen MR) is 88.4 cm³/mol. The van der Waals surface area contributed by atoms with Crippen molar-refractivity contribution in [1.29, 1.82) is 0 Å². The van der Waals surface area contributed by atoms with Crippen LogP contribution < -0.4 is 0 Å². The van der Waals surface area contributed by atoms with Gasteiger partial charge in [0, 0.05) is 6.20 Å². The molecule has 3 rings (SSSR count). The van der Waals surface area contributed by atoms with Crippen molar-refractivity contribution in [2.75, 3.05) is 7.11 Å². The van der Waals surface area contributed by atoms with Crippen LogP contribution in [-0.4, -0.2) is 33.5 Å². The Bertz CT molecular complexity index is 1030. The lowest BCUT2D eigenvalue weighted by Gasteiger charge is -2.00. The van der Waals surface area contributed by atoms with E-state index < -0.39 is 17.8 Å². The van der Waals surface area contributed by atoms with E-state index in [1.54, 1.807) is 18.2 Å². The summed E-state index contributed by atoms with van der Waals surface area (Å²) in [6.45, 7) is 0. The number of benzene rings is 1. The van der Waals surface area contributed by atoms with Crippen molar-refractivity contribution in [2.45, 2.75) is 6.42 Å². The number of carboxylic acids is 1. The topological polar surface area (TPSA) is 106 Å². The van der Waals surface area contributed by atoms with E-state index >= 15 is 0 Å². The van der Waals surface area contributed by atoms with Gasteiger partial charge in [0.1, 0.15) is 11.5 Å². The Morgan fingerprint density at radius 3 is 2.81 bits per heavy atom. The third-order valence-corrected chi connectivity index (χ3v) is 3.47. The van der Waals surface area contributed by atoms with Gasteiger partial charge in [-0.2, -0.15) is 0 Å². The van der Waals surface area contributed by atoms with Crippen LogP contribution in [0.25, 0.3) is 5.65 Å². The normalized spacial score (nSPS) is 11.2. The number of azo groups is 1. The maximum atomic E-state index is 13.5. The maximum Gasteiger partial charge on any atom is 0.337 e. The SMILES string of the molecule is COC(=O)c1cccc(N=Nc2c(CC(=O)O)nc3ccc(F)cn23)c1. The number of carboxylic acid groups (broad SMARTS) is 1. The molecule has 2 aromatic heterocycles. The lowest BCUT2D eigenvalue weighted by molar-refractivity contribution is -0.136. The molecule has 1 aromatic carbocycles. The summed E-state index contributed by atoms with van der Waals surface area (Å²) in [4.78, 5) is 26.8. The third kappa shape index (κ3) is 3.56. The van der Waals surface area contributed by atoms with Gasteiger partial charge in [-0.1, -0.05) is 6.07 Å². The molecule has 0 atom stereocenters. The van der Waals surface area contributed by atoms with E-state index in [-0.39, 0.29) is 17.9 Å². The highest BCUT2D eigenvalue weighted by atomic mass is 19.1. The van der Waals surface area contributed by atoms with E-state index in [2.05, 4.69) is 19.9 Å². The molecule has 1 N–H and O–H groups in total. The van der Waals surface area contributed by atoms with Crippen LogP contribution in [0.5, 0.6) is 0 Å². The smallest absolute Gasteiger partial charge is 0.337 e. The van der Waals surface area contributed by atoms with Gasteiger partial charge in [0.15, 0.2) is 5.82 Å². The number of methoxy groups -OCH3 is 1. The number of pyridine rings is 1. The Hall–Kier alpha value is -3.62. The molecule has 0 spiro atoms. The Balaban J connectivity index is 2.04. The van der Waals surface area contributed by atoms with Crippen molar-refractivity contribution in [2.24, 2.45) is 10.2 Å². The first-order chi connectivity index (χ1) is 12.5. The van der Waals surface area contributed by atoms with Crippen LogP contribution in [0, 0.1) is 5.82 Å². The number of carbonyl (C=O) groups is 2. The number of rotatable bonds is 5. The predicted octanol–water partition coefficient (Wildman–Crippen LogP) is 3.30. The number of imidazole rings is 1. The van der Waals surface area contributed by atoms with Crippen LogP contribution in [0.3, 0.4) is 0 Å². The molecule has 8 nitrogen and oxygen atoms in total. The number of halogens is 1. The fourth-order valence-corrected chi connectivity index (χ4v) is 2.34. The van der Waals surface area contributed by atoms with Crippen LogP contribution >= 0.6 is 0 Å². The molecular formula is C17H13FN4O4. The average molecular weight is 356 g/mol. The van der Waals surface area contributed by atoms with Crippen LogP contribution in [0.1, 0.15) is 16.1 Å². The number of esters is 1. The Kier molecular flexibility index (Phi) is 4.70. The number of hydrogen-bond acceptors (Lipinski definition) is 6. The number of aromatic nitrogens is 2. The largest absolute Gasteiger partial charge is 0.481 e. The van der Waals surface area contributed by atoms with Gasteiger partial charge in [0.25, 0.3) is 0 Å².